The van der Waals surface area contributed by atoms with Gasteiger partial charge in [-0.15, -0.1) is 0 Å². The fourth-order valence-corrected chi connectivity index (χ4v) is 4.79. The third kappa shape index (κ3) is 5.30. The highest BCUT2D eigenvalue weighted by molar-refractivity contribution is 5.99. The van der Waals surface area contributed by atoms with Gasteiger partial charge in [0.1, 0.15) is 18.2 Å². The average Bonchev–Trinajstić information content (AvgIpc) is 2.82. The van der Waals surface area contributed by atoms with Gasteiger partial charge in [-0.05, 0) is 81.1 Å². The standard InChI is InChI=1S/C26H33FN2O3/c1-20-4-2-3-15-29(20)16-19-32-24-11-9-23(10-12-24)28-25(30)26(13-17-31-18-14-26)21-5-7-22(27)8-6-21/h5-12,20H,2-4,13-19H2,1H3,(H,28,30)/t20-/m1/s1. The molecule has 0 aromatic heterocycles. The van der Waals surface area contributed by atoms with E-state index in [4.69, 9.17) is 9.47 Å². The number of halogens is 1. The van der Waals surface area contributed by atoms with Gasteiger partial charge in [-0.2, -0.15) is 0 Å². The zero-order chi connectivity index (χ0) is 22.4. The number of amides is 1. The summed E-state index contributed by atoms with van der Waals surface area (Å²) in [6.07, 6.45) is 4.99. The molecule has 2 aromatic rings. The second kappa shape index (κ2) is 10.5. The summed E-state index contributed by atoms with van der Waals surface area (Å²) in [5, 5.41) is 3.05. The van der Waals surface area contributed by atoms with E-state index in [-0.39, 0.29) is 11.7 Å². The quantitative estimate of drug-likeness (QED) is 0.674. The van der Waals surface area contributed by atoms with Crippen LogP contribution in [0.1, 0.15) is 44.6 Å². The van der Waals surface area contributed by atoms with Gasteiger partial charge in [0.05, 0.1) is 5.41 Å². The first-order valence-corrected chi connectivity index (χ1v) is 11.7. The minimum Gasteiger partial charge on any atom is -0.492 e. The molecule has 2 fully saturated rings. The highest BCUT2D eigenvalue weighted by atomic mass is 19.1. The Bertz CT molecular complexity index is 879. The summed E-state index contributed by atoms with van der Waals surface area (Å²) < 4.78 is 24.9. The lowest BCUT2D eigenvalue weighted by atomic mass is 9.73. The van der Waals surface area contributed by atoms with Crippen LogP contribution in [0.4, 0.5) is 10.1 Å². The molecule has 0 radical (unpaired) electrons. The van der Waals surface area contributed by atoms with Gasteiger partial charge in [0.25, 0.3) is 0 Å². The lowest BCUT2D eigenvalue weighted by molar-refractivity contribution is -0.125. The Balaban J connectivity index is 1.36. The first kappa shape index (κ1) is 22.7. The topological polar surface area (TPSA) is 50.8 Å². The molecule has 0 bridgehead atoms. The Morgan fingerprint density at radius 1 is 1.12 bits per heavy atom. The molecule has 172 valence electrons. The third-order valence-corrected chi connectivity index (χ3v) is 6.88. The summed E-state index contributed by atoms with van der Waals surface area (Å²) in [5.74, 6) is 0.411. The molecule has 4 rings (SSSR count). The fourth-order valence-electron chi connectivity index (χ4n) is 4.79. The Kier molecular flexibility index (Phi) is 7.43. The Morgan fingerprint density at radius 2 is 1.84 bits per heavy atom. The molecule has 0 aliphatic carbocycles. The number of rotatable bonds is 7. The number of hydrogen-bond donors (Lipinski definition) is 1. The van der Waals surface area contributed by atoms with E-state index in [1.165, 1.54) is 31.4 Å². The van der Waals surface area contributed by atoms with Gasteiger partial charge < -0.3 is 14.8 Å². The van der Waals surface area contributed by atoms with Gasteiger partial charge in [-0.25, -0.2) is 4.39 Å². The number of likely N-dealkylation sites (tertiary alicyclic amines) is 1. The number of carbonyl (C=O) groups is 1. The van der Waals surface area contributed by atoms with Crippen molar-refractivity contribution in [2.24, 2.45) is 0 Å². The molecule has 1 amide bonds. The van der Waals surface area contributed by atoms with Crippen molar-refractivity contribution in [1.29, 1.82) is 0 Å². The average molecular weight is 441 g/mol. The predicted octanol–water partition coefficient (Wildman–Crippen LogP) is 4.77. The number of ether oxygens (including phenoxy) is 2. The van der Waals surface area contributed by atoms with Crippen LogP contribution in [0, 0.1) is 5.82 Å². The minimum absolute atomic E-state index is 0.0832. The van der Waals surface area contributed by atoms with Gasteiger partial charge in [-0.3, -0.25) is 9.69 Å². The van der Waals surface area contributed by atoms with Crippen LogP contribution in [0.5, 0.6) is 5.75 Å². The minimum atomic E-state index is -0.716. The third-order valence-electron chi connectivity index (χ3n) is 6.88. The first-order valence-electron chi connectivity index (χ1n) is 11.7. The molecule has 2 saturated heterocycles. The van der Waals surface area contributed by atoms with E-state index < -0.39 is 5.41 Å². The van der Waals surface area contributed by atoms with E-state index in [1.807, 2.05) is 24.3 Å². The van der Waals surface area contributed by atoms with Crippen molar-refractivity contribution in [3.63, 3.8) is 0 Å². The summed E-state index contributed by atoms with van der Waals surface area (Å²) in [4.78, 5) is 15.8. The number of carbonyl (C=O) groups excluding carboxylic acids is 1. The van der Waals surface area contributed by atoms with Gasteiger partial charge >= 0.3 is 0 Å². The molecule has 6 heteroatoms. The monoisotopic (exact) mass is 440 g/mol. The summed E-state index contributed by atoms with van der Waals surface area (Å²) >= 11 is 0. The number of piperidine rings is 1. The SMILES string of the molecule is C[C@@H]1CCCCN1CCOc1ccc(NC(=O)C2(c3ccc(F)cc3)CCOCC2)cc1. The summed E-state index contributed by atoms with van der Waals surface area (Å²) in [6.45, 7) is 6.04. The van der Waals surface area contributed by atoms with Crippen molar-refractivity contribution in [1.82, 2.24) is 4.90 Å². The van der Waals surface area contributed by atoms with E-state index in [1.54, 1.807) is 12.1 Å². The van der Waals surface area contributed by atoms with Crippen molar-refractivity contribution >= 4 is 11.6 Å². The maximum atomic E-state index is 13.4. The van der Waals surface area contributed by atoms with Crippen LogP contribution in [0.25, 0.3) is 0 Å². The molecule has 2 aliphatic heterocycles. The van der Waals surface area contributed by atoms with E-state index in [0.29, 0.717) is 38.7 Å². The van der Waals surface area contributed by atoms with E-state index >= 15 is 0 Å². The van der Waals surface area contributed by atoms with Crippen molar-refractivity contribution in [2.75, 3.05) is 38.2 Å². The van der Waals surface area contributed by atoms with Crippen LogP contribution < -0.4 is 10.1 Å². The van der Waals surface area contributed by atoms with Gasteiger partial charge in [-0.1, -0.05) is 18.6 Å². The molecule has 0 unspecified atom stereocenters. The van der Waals surface area contributed by atoms with Gasteiger partial charge in [0.15, 0.2) is 0 Å². The van der Waals surface area contributed by atoms with Crippen LogP contribution in [0.3, 0.4) is 0 Å². The molecule has 2 aromatic carbocycles. The van der Waals surface area contributed by atoms with Crippen LogP contribution in [-0.4, -0.2) is 49.8 Å². The lowest BCUT2D eigenvalue weighted by Crippen LogP contribution is -2.44. The van der Waals surface area contributed by atoms with Crippen LogP contribution in [0.2, 0.25) is 0 Å². The first-order chi connectivity index (χ1) is 15.6. The number of benzene rings is 2. The number of anilines is 1. The number of nitrogens with one attached hydrogen (secondary N) is 1. The summed E-state index contributed by atoms with van der Waals surface area (Å²) in [7, 11) is 0. The highest BCUT2D eigenvalue weighted by Gasteiger charge is 2.41. The Hall–Kier alpha value is -2.44. The van der Waals surface area contributed by atoms with Crippen molar-refractivity contribution < 1.29 is 18.7 Å². The maximum absolute atomic E-state index is 13.4. The number of nitrogens with zero attached hydrogens (tertiary/aromatic N) is 1. The fraction of sp³-hybridized carbons (Fsp3) is 0.500. The molecule has 2 heterocycles. The smallest absolute Gasteiger partial charge is 0.235 e. The van der Waals surface area contributed by atoms with Gasteiger partial charge in [0, 0.05) is 31.5 Å². The maximum Gasteiger partial charge on any atom is 0.235 e. The van der Waals surface area contributed by atoms with Crippen LogP contribution >= 0.6 is 0 Å². The lowest BCUT2D eigenvalue weighted by Gasteiger charge is -2.36. The molecule has 2 aliphatic rings. The van der Waals surface area contributed by atoms with Crippen molar-refractivity contribution in [2.45, 2.75) is 50.5 Å². The molecule has 5 nitrogen and oxygen atoms in total. The zero-order valence-electron chi connectivity index (χ0n) is 18.8. The molecular formula is C26H33FN2O3. The second-order valence-electron chi connectivity index (χ2n) is 8.91. The zero-order valence-corrected chi connectivity index (χ0v) is 18.8. The van der Waals surface area contributed by atoms with E-state index in [9.17, 15) is 9.18 Å². The highest BCUT2D eigenvalue weighted by Crippen LogP contribution is 2.36. The molecule has 1 N–H and O–H groups in total. The largest absolute Gasteiger partial charge is 0.492 e. The normalized spacial score (nSPS) is 21.1. The molecular weight excluding hydrogens is 407 g/mol. The predicted molar refractivity (Wildman–Crippen MR) is 124 cm³/mol. The second-order valence-corrected chi connectivity index (χ2v) is 8.91. The van der Waals surface area contributed by atoms with Crippen LogP contribution in [-0.2, 0) is 14.9 Å². The Labute approximate surface area is 189 Å². The van der Waals surface area contributed by atoms with E-state index in [2.05, 4.69) is 17.1 Å². The molecule has 1 atom stereocenters. The summed E-state index contributed by atoms with van der Waals surface area (Å²) in [5.41, 5.74) is 0.832. The molecule has 0 saturated carbocycles. The molecule has 0 spiro atoms. The van der Waals surface area contributed by atoms with Gasteiger partial charge in [0.2, 0.25) is 5.91 Å². The van der Waals surface area contributed by atoms with Crippen molar-refractivity contribution in [3.05, 3.63) is 59.9 Å². The van der Waals surface area contributed by atoms with E-state index in [0.717, 1.165) is 30.1 Å². The molecule has 32 heavy (non-hydrogen) atoms. The van der Waals surface area contributed by atoms with Crippen LogP contribution in [0.15, 0.2) is 48.5 Å². The number of hydrogen-bond acceptors (Lipinski definition) is 4. The van der Waals surface area contributed by atoms with Crippen molar-refractivity contribution in [3.8, 4) is 5.75 Å². The Morgan fingerprint density at radius 3 is 2.53 bits per heavy atom. The summed E-state index contributed by atoms with van der Waals surface area (Å²) in [6, 6.07) is 14.4.